The minimum absolute atomic E-state index is 0.101. The van der Waals surface area contributed by atoms with Crippen LogP contribution in [-0.4, -0.2) is 18.9 Å². The molecule has 1 N–H and O–H groups in total. The van der Waals surface area contributed by atoms with E-state index in [-0.39, 0.29) is 5.78 Å². The van der Waals surface area contributed by atoms with Crippen LogP contribution in [0.3, 0.4) is 0 Å². The van der Waals surface area contributed by atoms with Crippen molar-refractivity contribution in [1.82, 2.24) is 5.32 Å². The van der Waals surface area contributed by atoms with E-state index in [1.165, 1.54) is 0 Å². The number of rotatable bonds is 3. The Morgan fingerprint density at radius 3 is 2.62 bits per heavy atom. The second-order valence-corrected chi connectivity index (χ2v) is 3.93. The lowest BCUT2D eigenvalue weighted by atomic mass is 9.95. The maximum absolute atomic E-state index is 12.2. The third-order valence-corrected chi connectivity index (χ3v) is 2.68. The Morgan fingerprint density at radius 2 is 2.12 bits per heavy atom. The molecule has 0 radical (unpaired) electrons. The first-order chi connectivity index (χ1) is 7.67. The third kappa shape index (κ3) is 1.68. The van der Waals surface area contributed by atoms with Gasteiger partial charge in [-0.2, -0.15) is 0 Å². The van der Waals surface area contributed by atoms with Crippen molar-refractivity contribution in [2.75, 3.05) is 13.2 Å². The largest absolute Gasteiger partial charge is 0.348 e. The fourth-order valence-electron chi connectivity index (χ4n) is 1.92. The standard InChI is InChI=1S/C13H15NO2/c1-10(2)12(15)13(14-8-9-16-13)11-6-4-3-5-7-11/h3-7,14H,1,8-9H2,2H3/t13-/m1/s1. The lowest BCUT2D eigenvalue weighted by Gasteiger charge is -2.27. The molecule has 84 valence electrons. The Hall–Kier alpha value is -1.45. The second kappa shape index (κ2) is 4.20. The molecule has 2 rings (SSSR count). The summed E-state index contributed by atoms with van der Waals surface area (Å²) in [5.41, 5.74) is 0.311. The molecule has 0 unspecified atom stereocenters. The molecule has 1 atom stereocenters. The number of benzene rings is 1. The van der Waals surface area contributed by atoms with Gasteiger partial charge in [0.1, 0.15) is 0 Å². The molecule has 1 fully saturated rings. The molecule has 1 aromatic rings. The Labute approximate surface area is 95.1 Å². The van der Waals surface area contributed by atoms with Gasteiger partial charge in [0.2, 0.25) is 11.5 Å². The molecule has 16 heavy (non-hydrogen) atoms. The van der Waals surface area contributed by atoms with E-state index in [1.807, 2.05) is 30.3 Å². The highest BCUT2D eigenvalue weighted by molar-refractivity contribution is 6.01. The number of hydrogen-bond acceptors (Lipinski definition) is 3. The lowest BCUT2D eigenvalue weighted by molar-refractivity contribution is -0.138. The topological polar surface area (TPSA) is 38.3 Å². The van der Waals surface area contributed by atoms with Crippen LogP contribution in [0.4, 0.5) is 0 Å². The molecule has 3 heteroatoms. The summed E-state index contributed by atoms with van der Waals surface area (Å²) in [5.74, 6) is -0.101. The number of ether oxygens (including phenoxy) is 1. The molecule has 1 heterocycles. The van der Waals surface area contributed by atoms with Gasteiger partial charge in [0.25, 0.3) is 0 Å². The van der Waals surface area contributed by atoms with Gasteiger partial charge < -0.3 is 4.74 Å². The van der Waals surface area contributed by atoms with Crippen molar-refractivity contribution in [1.29, 1.82) is 0 Å². The van der Waals surface area contributed by atoms with Crippen molar-refractivity contribution in [2.45, 2.75) is 12.6 Å². The zero-order chi connectivity index (χ0) is 11.6. The molecule has 0 aliphatic carbocycles. The monoisotopic (exact) mass is 217 g/mol. The highest BCUT2D eigenvalue weighted by Crippen LogP contribution is 2.29. The van der Waals surface area contributed by atoms with Gasteiger partial charge in [-0.25, -0.2) is 0 Å². The molecule has 0 amide bonds. The molecular weight excluding hydrogens is 202 g/mol. The fourth-order valence-corrected chi connectivity index (χ4v) is 1.92. The van der Waals surface area contributed by atoms with Crippen molar-refractivity contribution >= 4 is 5.78 Å². The average molecular weight is 217 g/mol. The smallest absolute Gasteiger partial charge is 0.209 e. The SMILES string of the molecule is C=C(C)C(=O)[C@]1(c2ccccc2)NCCO1. The van der Waals surface area contributed by atoms with E-state index in [4.69, 9.17) is 4.74 Å². The number of carbonyl (C=O) groups excluding carboxylic acids is 1. The van der Waals surface area contributed by atoms with E-state index in [2.05, 4.69) is 11.9 Å². The third-order valence-electron chi connectivity index (χ3n) is 2.68. The van der Waals surface area contributed by atoms with Gasteiger partial charge in [0.15, 0.2) is 0 Å². The molecule has 3 nitrogen and oxygen atoms in total. The van der Waals surface area contributed by atoms with Crippen LogP contribution in [0.5, 0.6) is 0 Å². The minimum Gasteiger partial charge on any atom is -0.348 e. The average Bonchev–Trinajstić information content (AvgIpc) is 2.79. The van der Waals surface area contributed by atoms with E-state index in [9.17, 15) is 4.79 Å². The first-order valence-corrected chi connectivity index (χ1v) is 5.31. The van der Waals surface area contributed by atoms with Gasteiger partial charge in [-0.05, 0) is 12.5 Å². The maximum Gasteiger partial charge on any atom is 0.209 e. The van der Waals surface area contributed by atoms with Gasteiger partial charge in [-0.3, -0.25) is 10.1 Å². The molecule has 0 aromatic heterocycles. The van der Waals surface area contributed by atoms with Crippen molar-refractivity contribution in [3.8, 4) is 0 Å². The lowest BCUT2D eigenvalue weighted by Crippen LogP contribution is -2.46. The summed E-state index contributed by atoms with van der Waals surface area (Å²) >= 11 is 0. The van der Waals surface area contributed by atoms with Gasteiger partial charge in [-0.1, -0.05) is 36.9 Å². The molecule has 1 aliphatic heterocycles. The van der Waals surface area contributed by atoms with Crippen LogP contribution in [0.1, 0.15) is 12.5 Å². The summed E-state index contributed by atoms with van der Waals surface area (Å²) < 4.78 is 5.63. The van der Waals surface area contributed by atoms with Crippen molar-refractivity contribution in [3.05, 3.63) is 48.0 Å². The zero-order valence-electron chi connectivity index (χ0n) is 9.32. The first-order valence-electron chi connectivity index (χ1n) is 5.31. The van der Waals surface area contributed by atoms with Crippen molar-refractivity contribution in [3.63, 3.8) is 0 Å². The van der Waals surface area contributed by atoms with Crippen molar-refractivity contribution in [2.24, 2.45) is 0 Å². The molecular formula is C13H15NO2. The highest BCUT2D eigenvalue weighted by Gasteiger charge is 2.43. The Balaban J connectivity index is 2.44. The van der Waals surface area contributed by atoms with E-state index in [0.29, 0.717) is 18.7 Å². The van der Waals surface area contributed by atoms with E-state index in [0.717, 1.165) is 5.56 Å². The molecule has 0 bridgehead atoms. The van der Waals surface area contributed by atoms with Crippen LogP contribution >= 0.6 is 0 Å². The molecule has 1 aliphatic rings. The normalized spacial score (nSPS) is 24.3. The Bertz CT molecular complexity index is 405. The molecule has 0 saturated carbocycles. The van der Waals surface area contributed by atoms with Gasteiger partial charge in [-0.15, -0.1) is 0 Å². The van der Waals surface area contributed by atoms with E-state index in [1.54, 1.807) is 6.92 Å². The number of nitrogens with one attached hydrogen (secondary N) is 1. The Kier molecular flexibility index (Phi) is 2.90. The maximum atomic E-state index is 12.2. The summed E-state index contributed by atoms with van der Waals surface area (Å²) in [6.45, 7) is 6.62. The minimum atomic E-state index is -1.02. The number of Topliss-reactive ketones (excluding diaryl/α,β-unsaturated/α-hetero) is 1. The summed E-state index contributed by atoms with van der Waals surface area (Å²) in [7, 11) is 0. The van der Waals surface area contributed by atoms with Crippen molar-refractivity contribution < 1.29 is 9.53 Å². The van der Waals surface area contributed by atoms with E-state index >= 15 is 0 Å². The predicted molar refractivity (Wildman–Crippen MR) is 61.9 cm³/mol. The Morgan fingerprint density at radius 1 is 1.44 bits per heavy atom. The van der Waals surface area contributed by atoms with E-state index < -0.39 is 5.72 Å². The number of carbonyl (C=O) groups is 1. The molecule has 1 aromatic carbocycles. The second-order valence-electron chi connectivity index (χ2n) is 3.93. The number of hydrogen-bond donors (Lipinski definition) is 1. The zero-order valence-corrected chi connectivity index (χ0v) is 9.32. The van der Waals surface area contributed by atoms with Crippen LogP contribution in [0, 0.1) is 0 Å². The number of ketones is 1. The predicted octanol–water partition coefficient (Wildman–Crippen LogP) is 1.60. The summed E-state index contributed by atoms with van der Waals surface area (Å²) in [5, 5.41) is 3.13. The summed E-state index contributed by atoms with van der Waals surface area (Å²) in [4.78, 5) is 12.2. The van der Waals surface area contributed by atoms with Crippen LogP contribution in [0.15, 0.2) is 42.5 Å². The van der Waals surface area contributed by atoms with Crippen LogP contribution in [0.25, 0.3) is 0 Å². The first kappa shape index (κ1) is 11.0. The highest BCUT2D eigenvalue weighted by atomic mass is 16.5. The van der Waals surface area contributed by atoms with Gasteiger partial charge >= 0.3 is 0 Å². The fraction of sp³-hybridized carbons (Fsp3) is 0.308. The van der Waals surface area contributed by atoms with Crippen LogP contribution < -0.4 is 5.32 Å². The quantitative estimate of drug-likeness (QED) is 0.782. The van der Waals surface area contributed by atoms with Gasteiger partial charge in [0.05, 0.1) is 6.61 Å². The van der Waals surface area contributed by atoms with Crippen LogP contribution in [-0.2, 0) is 15.3 Å². The van der Waals surface area contributed by atoms with Crippen LogP contribution in [0.2, 0.25) is 0 Å². The molecule has 0 spiro atoms. The summed E-state index contributed by atoms with van der Waals surface area (Å²) in [6, 6.07) is 9.48. The molecule has 1 saturated heterocycles. The van der Waals surface area contributed by atoms with Gasteiger partial charge in [0, 0.05) is 12.1 Å². The summed E-state index contributed by atoms with van der Waals surface area (Å²) in [6.07, 6.45) is 0.